The van der Waals surface area contributed by atoms with Gasteiger partial charge in [0.25, 0.3) is 0 Å². The molecule has 0 aromatic carbocycles. The molecule has 3 aliphatic rings. The average molecular weight is 339 g/mol. The third-order valence-electron chi connectivity index (χ3n) is 4.82. The molecule has 23 heavy (non-hydrogen) atoms. The standard InChI is InChI=1S/C15H21N3O4S/c1-7(19)12-10-5-11(13(15(21)22)18(10)14(12)20)23-9-3-4-17(6-9)8(2)16/h7,9-10,12,16,19H,3-6H2,1-2H3,(H,21,22)/t7-,9+,10+,12+/m0/s1. The number of β-lactam (4-membered cyclic amide) rings is 1. The summed E-state index contributed by atoms with van der Waals surface area (Å²) in [6.07, 6.45) is 0.648. The summed E-state index contributed by atoms with van der Waals surface area (Å²) in [4.78, 5) is 27.8. The van der Waals surface area contributed by atoms with Crippen molar-refractivity contribution < 1.29 is 19.8 Å². The van der Waals surface area contributed by atoms with Crippen molar-refractivity contribution in [1.29, 1.82) is 5.41 Å². The van der Waals surface area contributed by atoms with Crippen molar-refractivity contribution in [3.05, 3.63) is 10.6 Å². The molecular formula is C15H21N3O4S. The summed E-state index contributed by atoms with van der Waals surface area (Å²) in [6.45, 7) is 4.87. The Bertz CT molecular complexity index is 604. The van der Waals surface area contributed by atoms with Crippen LogP contribution >= 0.6 is 11.8 Å². The Morgan fingerprint density at radius 3 is 2.70 bits per heavy atom. The fourth-order valence-corrected chi connectivity index (χ4v) is 5.11. The number of carbonyl (C=O) groups is 2. The van der Waals surface area contributed by atoms with Crippen molar-refractivity contribution in [3.8, 4) is 0 Å². The number of hydrogen-bond acceptors (Lipinski definition) is 5. The van der Waals surface area contributed by atoms with Crippen LogP contribution in [0.25, 0.3) is 0 Å². The number of rotatable bonds is 4. The van der Waals surface area contributed by atoms with E-state index in [4.69, 9.17) is 5.41 Å². The van der Waals surface area contributed by atoms with Crippen molar-refractivity contribution >= 4 is 29.5 Å². The second-order valence-corrected chi connectivity index (χ2v) is 7.78. The van der Waals surface area contributed by atoms with Crippen LogP contribution in [-0.4, -0.2) is 68.2 Å². The molecule has 4 atom stereocenters. The van der Waals surface area contributed by atoms with Crippen LogP contribution < -0.4 is 0 Å². The molecule has 0 unspecified atom stereocenters. The normalized spacial score (nSPS) is 31.3. The van der Waals surface area contributed by atoms with E-state index in [1.165, 1.54) is 16.7 Å². The number of nitrogens with zero attached hydrogens (tertiary/aromatic N) is 2. The summed E-state index contributed by atoms with van der Waals surface area (Å²) in [5, 5.41) is 27.1. The molecule has 3 aliphatic heterocycles. The number of amidine groups is 1. The zero-order valence-corrected chi connectivity index (χ0v) is 14.0. The van der Waals surface area contributed by atoms with Crippen LogP contribution in [0.3, 0.4) is 0 Å². The lowest BCUT2D eigenvalue weighted by Crippen LogP contribution is -2.61. The van der Waals surface area contributed by atoms with Gasteiger partial charge in [0.05, 0.1) is 23.9 Å². The molecule has 1 amide bonds. The van der Waals surface area contributed by atoms with E-state index in [1.807, 2.05) is 4.90 Å². The Morgan fingerprint density at radius 1 is 1.48 bits per heavy atom. The number of nitrogens with one attached hydrogen (secondary N) is 1. The van der Waals surface area contributed by atoms with E-state index in [0.29, 0.717) is 12.3 Å². The summed E-state index contributed by atoms with van der Waals surface area (Å²) in [5.74, 6) is -1.33. The molecule has 3 rings (SSSR count). The maximum Gasteiger partial charge on any atom is 0.353 e. The van der Waals surface area contributed by atoms with Gasteiger partial charge in [0, 0.05) is 29.7 Å². The van der Waals surface area contributed by atoms with Crippen molar-refractivity contribution in [2.75, 3.05) is 13.1 Å². The topological polar surface area (TPSA) is 105 Å². The molecule has 0 spiro atoms. The van der Waals surface area contributed by atoms with E-state index in [-0.39, 0.29) is 22.9 Å². The van der Waals surface area contributed by atoms with Gasteiger partial charge in [-0.2, -0.15) is 0 Å². The minimum atomic E-state index is -1.08. The van der Waals surface area contributed by atoms with Gasteiger partial charge in [-0.15, -0.1) is 11.8 Å². The summed E-state index contributed by atoms with van der Waals surface area (Å²) in [5.41, 5.74) is 0.0897. The maximum absolute atomic E-state index is 12.1. The molecule has 0 bridgehead atoms. The van der Waals surface area contributed by atoms with Gasteiger partial charge >= 0.3 is 5.97 Å². The summed E-state index contributed by atoms with van der Waals surface area (Å²) >= 11 is 1.52. The van der Waals surface area contributed by atoms with Crippen LogP contribution in [0.15, 0.2) is 10.6 Å². The fraction of sp³-hybridized carbons (Fsp3) is 0.667. The van der Waals surface area contributed by atoms with Crippen LogP contribution in [0.5, 0.6) is 0 Å². The van der Waals surface area contributed by atoms with Gasteiger partial charge in [-0.05, 0) is 20.3 Å². The molecule has 0 aromatic rings. The number of carboxylic acid groups (broad SMARTS) is 1. The number of hydrogen-bond donors (Lipinski definition) is 3. The highest BCUT2D eigenvalue weighted by Gasteiger charge is 2.57. The Kier molecular flexibility index (Phi) is 4.14. The van der Waals surface area contributed by atoms with Gasteiger partial charge in [-0.3, -0.25) is 10.2 Å². The minimum Gasteiger partial charge on any atom is -0.477 e. The zero-order chi connectivity index (χ0) is 16.9. The predicted octanol–water partition coefficient (Wildman–Crippen LogP) is 0.699. The highest BCUT2D eigenvalue weighted by molar-refractivity contribution is 8.03. The quantitative estimate of drug-likeness (QED) is 0.396. The van der Waals surface area contributed by atoms with Crippen LogP contribution in [0.1, 0.15) is 26.7 Å². The Morgan fingerprint density at radius 2 is 2.17 bits per heavy atom. The van der Waals surface area contributed by atoms with Gasteiger partial charge in [0.2, 0.25) is 5.91 Å². The molecular weight excluding hydrogens is 318 g/mol. The molecule has 0 radical (unpaired) electrons. The Balaban J connectivity index is 1.75. The lowest BCUT2D eigenvalue weighted by molar-refractivity contribution is -0.161. The smallest absolute Gasteiger partial charge is 0.353 e. The molecule has 126 valence electrons. The zero-order valence-electron chi connectivity index (χ0n) is 13.2. The molecule has 2 fully saturated rings. The minimum absolute atomic E-state index is 0.0897. The van der Waals surface area contributed by atoms with E-state index in [1.54, 1.807) is 13.8 Å². The summed E-state index contributed by atoms with van der Waals surface area (Å²) in [6, 6.07) is -0.224. The van der Waals surface area contributed by atoms with Crippen molar-refractivity contribution in [2.24, 2.45) is 5.92 Å². The molecule has 2 saturated heterocycles. The molecule has 0 aliphatic carbocycles. The molecule has 0 saturated carbocycles. The molecule has 0 aromatic heterocycles. The summed E-state index contributed by atoms with van der Waals surface area (Å²) < 4.78 is 0. The highest BCUT2D eigenvalue weighted by atomic mass is 32.2. The average Bonchev–Trinajstić information content (AvgIpc) is 3.02. The van der Waals surface area contributed by atoms with Crippen molar-refractivity contribution in [3.63, 3.8) is 0 Å². The SMILES string of the molecule is CC(=N)N1CC[C@@H](SC2=C(C(=O)O)N3C(=O)[C@H]([C@H](C)O)[C@H]3C2)C1. The number of carbonyl (C=O) groups excluding carboxylic acids is 1. The second kappa shape index (κ2) is 5.83. The lowest BCUT2D eigenvalue weighted by Gasteiger charge is -2.44. The van der Waals surface area contributed by atoms with Gasteiger partial charge < -0.3 is 20.0 Å². The maximum atomic E-state index is 12.1. The lowest BCUT2D eigenvalue weighted by atomic mass is 9.83. The fourth-order valence-electron chi connectivity index (χ4n) is 3.67. The number of aliphatic hydroxyl groups is 1. The highest BCUT2D eigenvalue weighted by Crippen LogP contribution is 2.48. The number of aliphatic carboxylic acids is 1. The Hall–Kier alpha value is -1.54. The predicted molar refractivity (Wildman–Crippen MR) is 86.1 cm³/mol. The Labute approximate surface area is 138 Å². The van der Waals surface area contributed by atoms with Crippen molar-refractivity contribution in [2.45, 2.75) is 44.1 Å². The third-order valence-corrected chi connectivity index (χ3v) is 6.18. The van der Waals surface area contributed by atoms with Gasteiger partial charge in [0.15, 0.2) is 0 Å². The number of likely N-dealkylation sites (tertiary alicyclic amines) is 1. The number of amides is 1. The van der Waals surface area contributed by atoms with Gasteiger partial charge in [-0.25, -0.2) is 4.79 Å². The first-order chi connectivity index (χ1) is 10.8. The number of fused-ring (bicyclic) bond motifs is 1. The van der Waals surface area contributed by atoms with E-state index >= 15 is 0 Å². The molecule has 3 heterocycles. The van der Waals surface area contributed by atoms with E-state index in [0.717, 1.165) is 24.4 Å². The van der Waals surface area contributed by atoms with Crippen molar-refractivity contribution in [1.82, 2.24) is 9.80 Å². The molecule has 3 N–H and O–H groups in total. The first-order valence-electron chi connectivity index (χ1n) is 7.75. The second-order valence-electron chi connectivity index (χ2n) is 6.38. The van der Waals surface area contributed by atoms with Crippen LogP contribution in [0.2, 0.25) is 0 Å². The largest absolute Gasteiger partial charge is 0.477 e. The number of thioether (sulfide) groups is 1. The van der Waals surface area contributed by atoms with Crippen LogP contribution in [0, 0.1) is 11.3 Å². The first-order valence-corrected chi connectivity index (χ1v) is 8.63. The number of aliphatic hydroxyl groups excluding tert-OH is 1. The molecule has 8 heteroatoms. The molecule has 7 nitrogen and oxygen atoms in total. The van der Waals surface area contributed by atoms with E-state index < -0.39 is 18.0 Å². The van der Waals surface area contributed by atoms with Gasteiger partial charge in [-0.1, -0.05) is 0 Å². The summed E-state index contributed by atoms with van der Waals surface area (Å²) in [7, 11) is 0. The van der Waals surface area contributed by atoms with Crippen LogP contribution in [-0.2, 0) is 9.59 Å². The van der Waals surface area contributed by atoms with Crippen LogP contribution in [0.4, 0.5) is 0 Å². The first kappa shape index (κ1) is 16.3. The van der Waals surface area contributed by atoms with E-state index in [9.17, 15) is 19.8 Å². The third kappa shape index (κ3) is 2.63. The van der Waals surface area contributed by atoms with E-state index in [2.05, 4.69) is 0 Å². The number of carboxylic acids is 1. The monoisotopic (exact) mass is 339 g/mol. The van der Waals surface area contributed by atoms with Gasteiger partial charge in [0.1, 0.15) is 5.70 Å².